The van der Waals surface area contributed by atoms with Crippen molar-refractivity contribution in [3.8, 4) is 0 Å². The van der Waals surface area contributed by atoms with Crippen LogP contribution in [0.3, 0.4) is 0 Å². The number of rotatable bonds is 6. The Morgan fingerprint density at radius 3 is 2.50 bits per heavy atom. The highest BCUT2D eigenvalue weighted by Crippen LogP contribution is 2.36. The van der Waals surface area contributed by atoms with Crippen molar-refractivity contribution in [1.29, 1.82) is 0 Å². The molecule has 1 aromatic carbocycles. The summed E-state index contributed by atoms with van der Waals surface area (Å²) in [6.45, 7) is 1.18. The van der Waals surface area contributed by atoms with E-state index >= 15 is 0 Å². The minimum atomic E-state index is -0.0942. The van der Waals surface area contributed by atoms with Gasteiger partial charge in [0.25, 0.3) is 0 Å². The van der Waals surface area contributed by atoms with Crippen molar-refractivity contribution >= 4 is 5.91 Å². The van der Waals surface area contributed by atoms with E-state index in [-0.39, 0.29) is 17.9 Å². The van der Waals surface area contributed by atoms with Gasteiger partial charge in [0.2, 0.25) is 5.91 Å². The fourth-order valence-corrected chi connectivity index (χ4v) is 2.97. The Bertz CT molecular complexity index is 454. The molecule has 4 nitrogen and oxygen atoms in total. The van der Waals surface area contributed by atoms with E-state index < -0.39 is 0 Å². The number of hydrogen-bond acceptors (Lipinski definition) is 3. The molecule has 110 valence electrons. The molecule has 0 heterocycles. The number of benzene rings is 1. The maximum absolute atomic E-state index is 12.1. The first-order chi connectivity index (χ1) is 9.69. The minimum absolute atomic E-state index is 0.00521. The fourth-order valence-electron chi connectivity index (χ4n) is 2.97. The highest BCUT2D eigenvalue weighted by atomic mass is 16.3. The maximum atomic E-state index is 12.1. The van der Waals surface area contributed by atoms with Crippen molar-refractivity contribution in [2.75, 3.05) is 13.2 Å². The van der Waals surface area contributed by atoms with Crippen LogP contribution in [0.15, 0.2) is 24.3 Å². The molecule has 1 aliphatic rings. The third kappa shape index (κ3) is 3.58. The van der Waals surface area contributed by atoms with Gasteiger partial charge < -0.3 is 16.2 Å². The zero-order valence-corrected chi connectivity index (χ0v) is 11.9. The second-order valence-electron chi connectivity index (χ2n) is 5.79. The summed E-state index contributed by atoms with van der Waals surface area (Å²) >= 11 is 0. The Hall–Kier alpha value is -1.39. The highest BCUT2D eigenvalue weighted by molar-refractivity contribution is 5.79. The summed E-state index contributed by atoms with van der Waals surface area (Å²) in [5.41, 5.74) is 7.58. The van der Waals surface area contributed by atoms with Gasteiger partial charge in [-0.15, -0.1) is 0 Å². The van der Waals surface area contributed by atoms with E-state index in [1.807, 2.05) is 24.3 Å². The van der Waals surface area contributed by atoms with Crippen molar-refractivity contribution in [2.24, 2.45) is 11.1 Å². The molecule has 4 heteroatoms. The van der Waals surface area contributed by atoms with Crippen molar-refractivity contribution < 1.29 is 9.90 Å². The standard InChI is InChI=1S/C16H24N2O2/c17-10-14-6-2-1-5-13(14)9-15(20)18-11-16(12-19)7-3-4-8-16/h1-2,5-6,19H,3-4,7-12,17H2,(H,18,20). The van der Waals surface area contributed by atoms with Crippen LogP contribution in [0.5, 0.6) is 0 Å². The molecule has 0 aromatic heterocycles. The van der Waals surface area contributed by atoms with Crippen LogP contribution in [0.1, 0.15) is 36.8 Å². The van der Waals surface area contributed by atoms with Crippen LogP contribution in [-0.2, 0) is 17.8 Å². The molecular formula is C16H24N2O2. The minimum Gasteiger partial charge on any atom is -0.396 e. The largest absolute Gasteiger partial charge is 0.396 e. The summed E-state index contributed by atoms with van der Waals surface area (Å²) in [6.07, 6.45) is 4.65. The van der Waals surface area contributed by atoms with E-state index in [0.29, 0.717) is 19.5 Å². The third-order valence-electron chi connectivity index (χ3n) is 4.35. The molecule has 0 saturated heterocycles. The van der Waals surface area contributed by atoms with Gasteiger partial charge >= 0.3 is 0 Å². The predicted octanol–water partition coefficient (Wildman–Crippen LogP) is 1.36. The van der Waals surface area contributed by atoms with E-state index in [1.54, 1.807) is 0 Å². The summed E-state index contributed by atoms with van der Waals surface area (Å²) in [7, 11) is 0. The molecule has 1 saturated carbocycles. The maximum Gasteiger partial charge on any atom is 0.224 e. The molecule has 4 N–H and O–H groups in total. The van der Waals surface area contributed by atoms with Gasteiger partial charge in [-0.1, -0.05) is 37.1 Å². The van der Waals surface area contributed by atoms with Gasteiger partial charge in [-0.3, -0.25) is 4.79 Å². The van der Waals surface area contributed by atoms with Crippen LogP contribution >= 0.6 is 0 Å². The summed E-state index contributed by atoms with van der Waals surface area (Å²) in [5.74, 6) is 0.00521. The Morgan fingerprint density at radius 2 is 1.90 bits per heavy atom. The van der Waals surface area contributed by atoms with Gasteiger partial charge in [-0.05, 0) is 24.0 Å². The first-order valence-electron chi connectivity index (χ1n) is 7.33. The normalized spacial score (nSPS) is 17.1. The SMILES string of the molecule is NCc1ccccc1CC(=O)NCC1(CO)CCCC1. The molecular weight excluding hydrogens is 252 g/mol. The summed E-state index contributed by atoms with van der Waals surface area (Å²) in [4.78, 5) is 12.1. The van der Waals surface area contributed by atoms with Gasteiger partial charge in [0, 0.05) is 18.5 Å². The van der Waals surface area contributed by atoms with Crippen molar-refractivity contribution in [1.82, 2.24) is 5.32 Å². The van der Waals surface area contributed by atoms with Gasteiger partial charge in [-0.2, -0.15) is 0 Å². The average molecular weight is 276 g/mol. The van der Waals surface area contributed by atoms with E-state index in [1.165, 1.54) is 0 Å². The van der Waals surface area contributed by atoms with Crippen molar-refractivity contribution in [2.45, 2.75) is 38.6 Å². The quantitative estimate of drug-likeness (QED) is 0.734. The first kappa shape index (κ1) is 15.0. The van der Waals surface area contributed by atoms with E-state index in [4.69, 9.17) is 5.73 Å². The summed E-state index contributed by atoms with van der Waals surface area (Å²) in [5, 5.41) is 12.5. The van der Waals surface area contributed by atoms with Crippen LogP contribution in [-0.4, -0.2) is 24.2 Å². The van der Waals surface area contributed by atoms with Gasteiger partial charge in [-0.25, -0.2) is 0 Å². The van der Waals surface area contributed by atoms with Gasteiger partial charge in [0.1, 0.15) is 0 Å². The van der Waals surface area contributed by atoms with E-state index in [0.717, 1.165) is 36.8 Å². The number of carbonyl (C=O) groups is 1. The van der Waals surface area contributed by atoms with E-state index in [9.17, 15) is 9.90 Å². The fraction of sp³-hybridized carbons (Fsp3) is 0.562. The number of hydrogen-bond donors (Lipinski definition) is 3. The van der Waals surface area contributed by atoms with Crippen LogP contribution < -0.4 is 11.1 Å². The van der Waals surface area contributed by atoms with Gasteiger partial charge in [0.15, 0.2) is 0 Å². The Morgan fingerprint density at radius 1 is 1.25 bits per heavy atom. The number of carbonyl (C=O) groups excluding carboxylic acids is 1. The first-order valence-corrected chi connectivity index (χ1v) is 7.33. The molecule has 0 bridgehead atoms. The summed E-state index contributed by atoms with van der Waals surface area (Å²) < 4.78 is 0. The molecule has 0 spiro atoms. The average Bonchev–Trinajstić information content (AvgIpc) is 2.95. The van der Waals surface area contributed by atoms with E-state index in [2.05, 4.69) is 5.32 Å². The smallest absolute Gasteiger partial charge is 0.224 e. The number of aliphatic hydroxyl groups is 1. The number of nitrogens with one attached hydrogen (secondary N) is 1. The topological polar surface area (TPSA) is 75.4 Å². The molecule has 1 amide bonds. The zero-order valence-electron chi connectivity index (χ0n) is 11.9. The second kappa shape index (κ2) is 6.86. The monoisotopic (exact) mass is 276 g/mol. The molecule has 2 rings (SSSR count). The van der Waals surface area contributed by atoms with Crippen LogP contribution in [0.2, 0.25) is 0 Å². The van der Waals surface area contributed by atoms with Crippen LogP contribution in [0.25, 0.3) is 0 Å². The molecule has 1 aliphatic carbocycles. The van der Waals surface area contributed by atoms with Crippen molar-refractivity contribution in [3.63, 3.8) is 0 Å². The Kier molecular flexibility index (Phi) is 5.15. The lowest BCUT2D eigenvalue weighted by atomic mass is 9.87. The lowest BCUT2D eigenvalue weighted by molar-refractivity contribution is -0.121. The molecule has 0 radical (unpaired) electrons. The molecule has 20 heavy (non-hydrogen) atoms. The number of aliphatic hydroxyl groups excluding tert-OH is 1. The second-order valence-corrected chi connectivity index (χ2v) is 5.79. The Labute approximate surface area is 120 Å². The lowest BCUT2D eigenvalue weighted by Gasteiger charge is -2.26. The predicted molar refractivity (Wildman–Crippen MR) is 79.0 cm³/mol. The molecule has 1 aromatic rings. The van der Waals surface area contributed by atoms with Crippen LogP contribution in [0.4, 0.5) is 0 Å². The van der Waals surface area contributed by atoms with Gasteiger partial charge in [0.05, 0.1) is 13.0 Å². The molecule has 0 aliphatic heterocycles. The number of nitrogens with two attached hydrogens (primary N) is 1. The molecule has 0 unspecified atom stereocenters. The molecule has 0 atom stereocenters. The zero-order chi connectivity index (χ0) is 14.4. The highest BCUT2D eigenvalue weighted by Gasteiger charge is 2.33. The Balaban J connectivity index is 1.89. The third-order valence-corrected chi connectivity index (χ3v) is 4.35. The number of amides is 1. The molecule has 1 fully saturated rings. The lowest BCUT2D eigenvalue weighted by Crippen LogP contribution is -2.39. The van der Waals surface area contributed by atoms with Crippen molar-refractivity contribution in [3.05, 3.63) is 35.4 Å². The summed E-state index contributed by atoms with van der Waals surface area (Å²) in [6, 6.07) is 7.75. The van der Waals surface area contributed by atoms with Crippen LogP contribution in [0, 0.1) is 5.41 Å².